The number of carbonyl (C=O) groups excluding carboxylic acids is 2. The zero-order valence-corrected chi connectivity index (χ0v) is 15.4. The first-order valence-corrected chi connectivity index (χ1v) is 11.4. The highest BCUT2D eigenvalue weighted by molar-refractivity contribution is 7.91. The Morgan fingerprint density at radius 1 is 1.08 bits per heavy atom. The van der Waals surface area contributed by atoms with Gasteiger partial charge in [0.05, 0.1) is 11.5 Å². The number of rotatable bonds is 3. The van der Waals surface area contributed by atoms with Gasteiger partial charge < -0.3 is 10.2 Å². The van der Waals surface area contributed by atoms with Crippen molar-refractivity contribution in [2.24, 2.45) is 0 Å². The predicted octanol–water partition coefficient (Wildman–Crippen LogP) is 1.22. The molecular formula is C16H21N3O4S2. The van der Waals surface area contributed by atoms with Crippen molar-refractivity contribution in [3.63, 3.8) is 0 Å². The Hall–Kier alpha value is -1.48. The third kappa shape index (κ3) is 3.31. The van der Waals surface area contributed by atoms with E-state index >= 15 is 0 Å². The molecule has 136 valence electrons. The van der Waals surface area contributed by atoms with Gasteiger partial charge in [-0.3, -0.25) is 9.59 Å². The molecule has 0 radical (unpaired) electrons. The second kappa shape index (κ2) is 6.35. The van der Waals surface area contributed by atoms with Crippen LogP contribution in [-0.2, 0) is 9.84 Å². The average Bonchev–Trinajstić information content (AvgIpc) is 3.31. The molecule has 25 heavy (non-hydrogen) atoms. The molecule has 0 saturated carbocycles. The third-order valence-corrected chi connectivity index (χ3v) is 8.05. The highest BCUT2D eigenvalue weighted by Gasteiger charge is 2.43. The Morgan fingerprint density at radius 3 is 2.28 bits per heavy atom. The quantitative estimate of drug-likeness (QED) is 0.846. The highest BCUT2D eigenvalue weighted by atomic mass is 32.2. The van der Waals surface area contributed by atoms with Gasteiger partial charge >= 0.3 is 0 Å². The summed E-state index contributed by atoms with van der Waals surface area (Å²) in [5.74, 6) is -0.170. The molecule has 3 aliphatic rings. The number of hydrogen-bond donors (Lipinski definition) is 1. The molecule has 3 saturated heterocycles. The maximum Gasteiger partial charge on any atom is 0.280 e. The number of thiazole rings is 1. The van der Waals surface area contributed by atoms with Gasteiger partial charge in [-0.2, -0.15) is 0 Å². The molecule has 1 N–H and O–H groups in total. The highest BCUT2D eigenvalue weighted by Crippen LogP contribution is 2.38. The second-order valence-corrected chi connectivity index (χ2v) is 10.3. The topological polar surface area (TPSA) is 96.4 Å². The smallest absolute Gasteiger partial charge is 0.280 e. The molecule has 4 heterocycles. The summed E-state index contributed by atoms with van der Waals surface area (Å²) in [5, 5.41) is 4.76. The number of amides is 2. The summed E-state index contributed by atoms with van der Waals surface area (Å²) in [6, 6.07) is 0.523. The van der Waals surface area contributed by atoms with E-state index in [1.807, 2.05) is 4.90 Å². The molecular weight excluding hydrogens is 362 g/mol. The molecule has 1 aromatic rings. The Kier molecular flexibility index (Phi) is 4.31. The summed E-state index contributed by atoms with van der Waals surface area (Å²) >= 11 is 1.17. The molecule has 3 aliphatic heterocycles. The first kappa shape index (κ1) is 17.0. The third-order valence-electron chi connectivity index (χ3n) is 5.49. The van der Waals surface area contributed by atoms with Gasteiger partial charge in [0, 0.05) is 23.5 Å². The number of sulfone groups is 1. The maximum atomic E-state index is 12.7. The van der Waals surface area contributed by atoms with Crippen molar-refractivity contribution in [3.05, 3.63) is 16.1 Å². The lowest BCUT2D eigenvalue weighted by molar-refractivity contribution is 0.0724. The number of fused-ring (bicyclic) bond motifs is 2. The monoisotopic (exact) mass is 383 g/mol. The molecule has 0 atom stereocenters. The number of hydrogen-bond acceptors (Lipinski definition) is 6. The molecule has 1 aromatic heterocycles. The second-order valence-electron chi connectivity index (χ2n) is 7.11. The van der Waals surface area contributed by atoms with Crippen molar-refractivity contribution in [2.75, 3.05) is 11.5 Å². The predicted molar refractivity (Wildman–Crippen MR) is 93.5 cm³/mol. The van der Waals surface area contributed by atoms with Gasteiger partial charge in [-0.05, 0) is 38.5 Å². The summed E-state index contributed by atoms with van der Waals surface area (Å²) in [6.45, 7) is 0. The van der Waals surface area contributed by atoms with Crippen LogP contribution in [0.1, 0.15) is 58.8 Å². The molecule has 0 spiro atoms. The lowest BCUT2D eigenvalue weighted by atomic mass is 10.0. The van der Waals surface area contributed by atoms with Crippen LogP contribution in [0.25, 0.3) is 0 Å². The summed E-state index contributed by atoms with van der Waals surface area (Å²) in [6.07, 6.45) is 5.14. The van der Waals surface area contributed by atoms with Crippen LogP contribution in [0.4, 0.5) is 0 Å². The van der Waals surface area contributed by atoms with Crippen molar-refractivity contribution in [2.45, 2.75) is 56.7 Å². The molecule has 4 rings (SSSR count). The fourth-order valence-corrected chi connectivity index (χ4v) is 6.32. The first-order chi connectivity index (χ1) is 11.9. The summed E-state index contributed by atoms with van der Waals surface area (Å²) in [5.41, 5.74) is 0.347. The number of nitrogens with zero attached hydrogens (tertiary/aromatic N) is 2. The van der Waals surface area contributed by atoms with Crippen molar-refractivity contribution < 1.29 is 18.0 Å². The number of carbonyl (C=O) groups is 2. The van der Waals surface area contributed by atoms with E-state index in [0.29, 0.717) is 30.6 Å². The summed E-state index contributed by atoms with van der Waals surface area (Å²) in [4.78, 5) is 31.2. The van der Waals surface area contributed by atoms with Gasteiger partial charge in [0.15, 0.2) is 5.01 Å². The van der Waals surface area contributed by atoms with E-state index in [1.165, 1.54) is 11.3 Å². The van der Waals surface area contributed by atoms with Crippen molar-refractivity contribution in [1.29, 1.82) is 0 Å². The maximum absolute atomic E-state index is 12.7. The molecule has 9 heteroatoms. The lowest BCUT2D eigenvalue weighted by Gasteiger charge is -2.22. The first-order valence-electron chi connectivity index (χ1n) is 8.72. The average molecular weight is 383 g/mol. The normalized spacial score (nSPS) is 28.2. The van der Waals surface area contributed by atoms with E-state index in [2.05, 4.69) is 10.3 Å². The zero-order chi connectivity index (χ0) is 17.6. The van der Waals surface area contributed by atoms with Gasteiger partial charge in [0.2, 0.25) is 0 Å². The minimum Gasteiger partial charge on any atom is -0.347 e. The minimum absolute atomic E-state index is 0.0657. The largest absolute Gasteiger partial charge is 0.347 e. The molecule has 2 bridgehead atoms. The van der Waals surface area contributed by atoms with Crippen LogP contribution in [0.3, 0.4) is 0 Å². The van der Waals surface area contributed by atoms with E-state index in [-0.39, 0.29) is 34.4 Å². The van der Waals surface area contributed by atoms with E-state index in [0.717, 1.165) is 25.7 Å². The van der Waals surface area contributed by atoms with Crippen LogP contribution in [0.2, 0.25) is 0 Å². The zero-order valence-electron chi connectivity index (χ0n) is 13.8. The van der Waals surface area contributed by atoms with Gasteiger partial charge in [-0.1, -0.05) is 0 Å². The van der Waals surface area contributed by atoms with Crippen LogP contribution in [0, 0.1) is 0 Å². The molecule has 0 aliphatic carbocycles. The van der Waals surface area contributed by atoms with Gasteiger partial charge in [-0.15, -0.1) is 11.3 Å². The summed E-state index contributed by atoms with van der Waals surface area (Å²) in [7, 11) is -2.95. The molecule has 2 amide bonds. The van der Waals surface area contributed by atoms with E-state index in [1.54, 1.807) is 5.38 Å². The van der Waals surface area contributed by atoms with Crippen LogP contribution in [0.15, 0.2) is 5.38 Å². The Morgan fingerprint density at radius 2 is 1.68 bits per heavy atom. The van der Waals surface area contributed by atoms with Crippen LogP contribution >= 0.6 is 11.3 Å². The standard InChI is InChI=1S/C16H21N3O4S2/c20-14(17-10-5-7-25(22,23)8-6-10)15-18-13(9-24-15)16(21)19-11-1-2-12(19)4-3-11/h9-12H,1-8H2,(H,17,20). The fourth-order valence-electron chi connectivity index (χ4n) is 4.13. The lowest BCUT2D eigenvalue weighted by Crippen LogP contribution is -2.41. The van der Waals surface area contributed by atoms with Crippen LogP contribution in [-0.4, -0.2) is 59.7 Å². The number of nitrogens with one attached hydrogen (secondary N) is 1. The van der Waals surface area contributed by atoms with Gasteiger partial charge in [0.25, 0.3) is 11.8 Å². The number of aromatic nitrogens is 1. The van der Waals surface area contributed by atoms with Crippen LogP contribution in [0.5, 0.6) is 0 Å². The molecule has 7 nitrogen and oxygen atoms in total. The SMILES string of the molecule is O=C(NC1CCS(=O)(=O)CC1)c1nc(C(=O)N2C3CCC2CC3)cs1. The molecule has 0 aromatic carbocycles. The van der Waals surface area contributed by atoms with Crippen LogP contribution < -0.4 is 5.32 Å². The Balaban J connectivity index is 1.39. The Bertz CT molecular complexity index is 770. The van der Waals surface area contributed by atoms with E-state index in [4.69, 9.17) is 0 Å². The minimum atomic E-state index is -2.95. The molecule has 3 fully saturated rings. The van der Waals surface area contributed by atoms with Crippen molar-refractivity contribution >= 4 is 33.0 Å². The molecule has 0 unspecified atom stereocenters. The van der Waals surface area contributed by atoms with Gasteiger partial charge in [0.1, 0.15) is 15.5 Å². The van der Waals surface area contributed by atoms with Crippen molar-refractivity contribution in [1.82, 2.24) is 15.2 Å². The fraction of sp³-hybridized carbons (Fsp3) is 0.688. The van der Waals surface area contributed by atoms with Crippen molar-refractivity contribution in [3.8, 4) is 0 Å². The van der Waals surface area contributed by atoms with Gasteiger partial charge in [-0.25, -0.2) is 13.4 Å². The van der Waals surface area contributed by atoms with E-state index in [9.17, 15) is 18.0 Å². The summed E-state index contributed by atoms with van der Waals surface area (Å²) < 4.78 is 22.9. The Labute approximate surface area is 150 Å². The van der Waals surface area contributed by atoms with E-state index < -0.39 is 9.84 Å².